The monoisotopic (exact) mass is 345 g/mol. The number of carbonyl (C=O) groups is 1. The van der Waals surface area contributed by atoms with Gasteiger partial charge in [-0.25, -0.2) is 4.39 Å². The fourth-order valence-corrected chi connectivity index (χ4v) is 2.65. The molecule has 0 spiro atoms. The lowest BCUT2D eigenvalue weighted by Gasteiger charge is -2.28. The molecular weight excluding hydrogens is 321 g/mol. The Hall–Kier alpha value is -2.40. The second-order valence-electron chi connectivity index (χ2n) is 6.58. The van der Waals surface area contributed by atoms with E-state index in [-0.39, 0.29) is 5.91 Å². The summed E-state index contributed by atoms with van der Waals surface area (Å²) in [6, 6.07) is 12.7. The van der Waals surface area contributed by atoms with Gasteiger partial charge in [-0.05, 0) is 44.5 Å². The van der Waals surface area contributed by atoms with Crippen molar-refractivity contribution in [3.63, 3.8) is 0 Å². The first kappa shape index (κ1) is 18.9. The van der Waals surface area contributed by atoms with Crippen LogP contribution in [0.3, 0.4) is 0 Å². The maximum atomic E-state index is 14.0. The first-order chi connectivity index (χ1) is 11.8. The highest BCUT2D eigenvalue weighted by atomic mass is 19.1. The minimum Gasteiger partial charge on any atom is -0.497 e. The third-order valence-electron chi connectivity index (χ3n) is 4.40. The Morgan fingerprint density at radius 3 is 2.32 bits per heavy atom. The minimum atomic E-state index is -1.06. The topological polar surface area (TPSA) is 58.6 Å². The van der Waals surface area contributed by atoms with E-state index in [1.165, 1.54) is 6.07 Å². The molecular formula is C20H24FNO3. The molecule has 0 aromatic heterocycles. The number of ether oxygens (including phenoxy) is 1. The summed E-state index contributed by atoms with van der Waals surface area (Å²) in [6.07, 6.45) is -0.883. The van der Waals surface area contributed by atoms with Crippen LogP contribution in [0.1, 0.15) is 38.0 Å². The van der Waals surface area contributed by atoms with Crippen LogP contribution in [0.4, 0.5) is 4.39 Å². The molecule has 4 nitrogen and oxygen atoms in total. The molecule has 2 rings (SSSR count). The van der Waals surface area contributed by atoms with Crippen molar-refractivity contribution in [3.8, 4) is 5.75 Å². The minimum absolute atomic E-state index is 0.318. The van der Waals surface area contributed by atoms with Crippen LogP contribution < -0.4 is 10.1 Å². The number of carbonyl (C=O) groups excluding carboxylic acids is 1. The van der Waals surface area contributed by atoms with Crippen LogP contribution in [-0.2, 0) is 10.2 Å². The van der Waals surface area contributed by atoms with Gasteiger partial charge in [-0.15, -0.1) is 0 Å². The van der Waals surface area contributed by atoms with Crippen LogP contribution >= 0.6 is 0 Å². The van der Waals surface area contributed by atoms with Gasteiger partial charge in [-0.2, -0.15) is 0 Å². The number of halogens is 1. The van der Waals surface area contributed by atoms with Crippen LogP contribution in [0, 0.1) is 5.82 Å². The smallest absolute Gasteiger partial charge is 0.230 e. The summed E-state index contributed by atoms with van der Waals surface area (Å²) >= 11 is 0. The van der Waals surface area contributed by atoms with Gasteiger partial charge in [0.2, 0.25) is 5.91 Å². The molecule has 0 radical (unpaired) electrons. The molecule has 2 unspecified atom stereocenters. The number of nitrogens with one attached hydrogen (secondary N) is 1. The summed E-state index contributed by atoms with van der Waals surface area (Å²) in [4.78, 5) is 12.7. The Morgan fingerprint density at radius 1 is 1.16 bits per heavy atom. The van der Waals surface area contributed by atoms with E-state index in [9.17, 15) is 14.3 Å². The lowest BCUT2D eigenvalue weighted by Crippen LogP contribution is -2.46. The molecule has 0 saturated heterocycles. The third kappa shape index (κ3) is 4.17. The number of aliphatic hydroxyl groups excluding tert-OH is 1. The summed E-state index contributed by atoms with van der Waals surface area (Å²) in [6.45, 7) is 5.03. The second kappa shape index (κ2) is 7.66. The van der Waals surface area contributed by atoms with Crippen LogP contribution in [-0.4, -0.2) is 24.2 Å². The van der Waals surface area contributed by atoms with E-state index in [0.717, 1.165) is 0 Å². The van der Waals surface area contributed by atoms with Gasteiger partial charge in [0.25, 0.3) is 0 Å². The Labute approximate surface area is 147 Å². The molecule has 0 aliphatic heterocycles. The molecule has 1 amide bonds. The molecule has 2 atom stereocenters. The Balaban J connectivity index is 2.11. The SMILES string of the molecule is COc1ccc(C(O)C(C)NC(=O)C(C)(C)c2ccccc2F)cc1. The molecule has 2 N–H and O–H groups in total. The van der Waals surface area contributed by atoms with E-state index in [0.29, 0.717) is 16.9 Å². The largest absolute Gasteiger partial charge is 0.497 e. The second-order valence-corrected chi connectivity index (χ2v) is 6.58. The molecule has 25 heavy (non-hydrogen) atoms. The van der Waals surface area contributed by atoms with Gasteiger partial charge >= 0.3 is 0 Å². The first-order valence-corrected chi connectivity index (χ1v) is 8.15. The summed E-state index contributed by atoms with van der Waals surface area (Å²) in [5.41, 5.74) is -0.0740. The Morgan fingerprint density at radius 2 is 1.76 bits per heavy atom. The van der Waals surface area contributed by atoms with Gasteiger partial charge in [0.15, 0.2) is 0 Å². The number of benzene rings is 2. The van der Waals surface area contributed by atoms with Crippen molar-refractivity contribution in [1.29, 1.82) is 0 Å². The number of rotatable bonds is 6. The lowest BCUT2D eigenvalue weighted by molar-refractivity contribution is -0.127. The lowest BCUT2D eigenvalue weighted by atomic mass is 9.83. The number of aliphatic hydroxyl groups is 1. The van der Waals surface area contributed by atoms with Crippen molar-refractivity contribution in [1.82, 2.24) is 5.32 Å². The number of hydrogen-bond donors (Lipinski definition) is 2. The molecule has 134 valence electrons. The molecule has 2 aromatic carbocycles. The van der Waals surface area contributed by atoms with Crippen LogP contribution in [0.15, 0.2) is 48.5 Å². The van der Waals surface area contributed by atoms with Crippen molar-refractivity contribution in [2.45, 2.75) is 38.3 Å². The predicted molar refractivity (Wildman–Crippen MR) is 95.0 cm³/mol. The molecule has 0 saturated carbocycles. The zero-order valence-corrected chi connectivity index (χ0v) is 14.9. The fraction of sp³-hybridized carbons (Fsp3) is 0.350. The molecule has 5 heteroatoms. The Kier molecular flexibility index (Phi) is 5.80. The van der Waals surface area contributed by atoms with Gasteiger partial charge in [0.05, 0.1) is 24.7 Å². The molecule has 2 aromatic rings. The van der Waals surface area contributed by atoms with E-state index in [2.05, 4.69) is 5.32 Å². The predicted octanol–water partition coefficient (Wildman–Crippen LogP) is 3.35. The zero-order chi connectivity index (χ0) is 18.6. The van der Waals surface area contributed by atoms with Crippen molar-refractivity contribution in [2.24, 2.45) is 0 Å². The molecule has 0 aliphatic rings. The summed E-state index contributed by atoms with van der Waals surface area (Å²) in [5, 5.41) is 13.2. The van der Waals surface area contributed by atoms with Gasteiger partial charge < -0.3 is 15.2 Å². The van der Waals surface area contributed by atoms with E-state index in [1.807, 2.05) is 0 Å². The maximum Gasteiger partial charge on any atom is 0.230 e. The average Bonchev–Trinajstić information content (AvgIpc) is 2.61. The van der Waals surface area contributed by atoms with Crippen molar-refractivity contribution >= 4 is 5.91 Å². The van der Waals surface area contributed by atoms with Crippen LogP contribution in [0.2, 0.25) is 0 Å². The van der Waals surface area contributed by atoms with E-state index >= 15 is 0 Å². The van der Waals surface area contributed by atoms with Crippen LogP contribution in [0.25, 0.3) is 0 Å². The zero-order valence-electron chi connectivity index (χ0n) is 14.9. The Bertz CT molecular complexity index is 728. The summed E-state index contributed by atoms with van der Waals surface area (Å²) < 4.78 is 19.1. The van der Waals surface area contributed by atoms with Crippen molar-refractivity contribution < 1.29 is 19.0 Å². The van der Waals surface area contributed by atoms with E-state index in [1.54, 1.807) is 70.3 Å². The highest BCUT2D eigenvalue weighted by Crippen LogP contribution is 2.27. The standard InChI is InChI=1S/C20H24FNO3/c1-13(18(23)14-9-11-15(25-4)12-10-14)22-19(24)20(2,3)16-7-5-6-8-17(16)21/h5-13,18,23H,1-4H3,(H,22,24). The third-order valence-corrected chi connectivity index (χ3v) is 4.40. The molecule has 0 heterocycles. The van der Waals surface area contributed by atoms with Gasteiger partial charge in [0.1, 0.15) is 11.6 Å². The molecule has 0 aliphatic carbocycles. The highest BCUT2D eigenvalue weighted by molar-refractivity contribution is 5.87. The first-order valence-electron chi connectivity index (χ1n) is 8.15. The van der Waals surface area contributed by atoms with Gasteiger partial charge in [-0.1, -0.05) is 30.3 Å². The highest BCUT2D eigenvalue weighted by Gasteiger charge is 2.34. The summed E-state index contributed by atoms with van der Waals surface area (Å²) in [7, 11) is 1.57. The molecule has 0 fully saturated rings. The van der Waals surface area contributed by atoms with Crippen molar-refractivity contribution in [2.75, 3.05) is 7.11 Å². The average molecular weight is 345 g/mol. The molecule has 0 bridgehead atoms. The van der Waals surface area contributed by atoms with Crippen LogP contribution in [0.5, 0.6) is 5.75 Å². The number of methoxy groups -OCH3 is 1. The van der Waals surface area contributed by atoms with E-state index in [4.69, 9.17) is 4.74 Å². The number of hydrogen-bond acceptors (Lipinski definition) is 3. The maximum absolute atomic E-state index is 14.0. The van der Waals surface area contributed by atoms with Gasteiger partial charge in [0, 0.05) is 5.56 Å². The number of amides is 1. The summed E-state index contributed by atoms with van der Waals surface area (Å²) in [5.74, 6) is -0.0861. The quantitative estimate of drug-likeness (QED) is 0.844. The van der Waals surface area contributed by atoms with Crippen molar-refractivity contribution in [3.05, 3.63) is 65.5 Å². The van der Waals surface area contributed by atoms with E-state index < -0.39 is 23.4 Å². The fourth-order valence-electron chi connectivity index (χ4n) is 2.65. The van der Waals surface area contributed by atoms with Gasteiger partial charge in [-0.3, -0.25) is 4.79 Å². The normalized spacial score (nSPS) is 13.8.